The quantitative estimate of drug-likeness (QED) is 0.842. The predicted octanol–water partition coefficient (Wildman–Crippen LogP) is 1.56. The molecule has 0 aliphatic carbocycles. The van der Waals surface area contributed by atoms with Crippen molar-refractivity contribution >= 4 is 18.0 Å². The zero-order chi connectivity index (χ0) is 17.1. The lowest BCUT2D eigenvalue weighted by Gasteiger charge is -2.21. The molecule has 1 aromatic rings. The highest BCUT2D eigenvalue weighted by Gasteiger charge is 2.32. The van der Waals surface area contributed by atoms with Crippen molar-refractivity contribution < 1.29 is 28.9 Å². The van der Waals surface area contributed by atoms with Gasteiger partial charge in [-0.3, -0.25) is 4.79 Å². The van der Waals surface area contributed by atoms with E-state index < -0.39 is 12.0 Å². The molecule has 1 N–H and O–H groups in total. The van der Waals surface area contributed by atoms with Gasteiger partial charge in [0.15, 0.2) is 11.5 Å². The number of benzene rings is 1. The number of carboxylic acid groups (broad SMARTS) is 1. The summed E-state index contributed by atoms with van der Waals surface area (Å²) in [4.78, 5) is 24.8. The first-order valence-corrected chi connectivity index (χ1v) is 7.79. The van der Waals surface area contributed by atoms with Gasteiger partial charge in [-0.05, 0) is 36.6 Å². The molecule has 24 heavy (non-hydrogen) atoms. The summed E-state index contributed by atoms with van der Waals surface area (Å²) in [5, 5.41) is 9.15. The summed E-state index contributed by atoms with van der Waals surface area (Å²) < 4.78 is 16.4. The Balaban J connectivity index is 1.79. The van der Waals surface area contributed by atoms with Crippen LogP contribution >= 0.6 is 0 Å². The zero-order valence-corrected chi connectivity index (χ0v) is 13.4. The standard InChI is InChI=1S/C17H19NO6/c1-22-13-9-11(10-14-16(13)24-8-7-23-14)4-5-15(19)18-6-2-3-12(18)17(20)21/h4-5,9-10,12H,2-3,6-8H2,1H3,(H,20,21). The number of carbonyl (C=O) groups excluding carboxylic acids is 1. The van der Waals surface area contributed by atoms with Crippen LogP contribution in [0.4, 0.5) is 0 Å². The molecule has 2 heterocycles. The highest BCUT2D eigenvalue weighted by molar-refractivity contribution is 5.95. The monoisotopic (exact) mass is 333 g/mol. The van der Waals surface area contributed by atoms with Gasteiger partial charge in [-0.1, -0.05) is 0 Å². The SMILES string of the molecule is COc1cc(C=CC(=O)N2CCCC2C(=O)O)cc2c1OCCO2. The number of nitrogens with zero attached hydrogens (tertiary/aromatic N) is 1. The number of methoxy groups -OCH3 is 1. The molecule has 0 saturated carbocycles. The van der Waals surface area contributed by atoms with Crippen LogP contribution in [0.1, 0.15) is 18.4 Å². The second-order valence-electron chi connectivity index (χ2n) is 5.61. The Morgan fingerprint density at radius 3 is 2.88 bits per heavy atom. The van der Waals surface area contributed by atoms with Gasteiger partial charge in [-0.15, -0.1) is 0 Å². The number of rotatable bonds is 4. The third kappa shape index (κ3) is 3.15. The smallest absolute Gasteiger partial charge is 0.326 e. The number of amides is 1. The Kier molecular flexibility index (Phi) is 4.59. The molecule has 7 heteroatoms. The van der Waals surface area contributed by atoms with E-state index in [1.807, 2.05) is 0 Å². The van der Waals surface area contributed by atoms with Crippen LogP contribution in [0.15, 0.2) is 18.2 Å². The summed E-state index contributed by atoms with van der Waals surface area (Å²) in [5.41, 5.74) is 0.718. The molecule has 0 aromatic heterocycles. The minimum atomic E-state index is -0.963. The molecule has 0 bridgehead atoms. The molecule has 3 rings (SSSR count). The van der Waals surface area contributed by atoms with Gasteiger partial charge in [0.2, 0.25) is 11.7 Å². The van der Waals surface area contributed by atoms with Gasteiger partial charge in [0.1, 0.15) is 19.3 Å². The average Bonchev–Trinajstić information content (AvgIpc) is 3.09. The second kappa shape index (κ2) is 6.82. The van der Waals surface area contributed by atoms with E-state index in [2.05, 4.69) is 0 Å². The Morgan fingerprint density at radius 1 is 1.33 bits per heavy atom. The van der Waals surface area contributed by atoms with Gasteiger partial charge < -0.3 is 24.2 Å². The molecule has 0 radical (unpaired) electrons. The van der Waals surface area contributed by atoms with E-state index in [0.29, 0.717) is 49.8 Å². The zero-order valence-electron chi connectivity index (χ0n) is 13.4. The van der Waals surface area contributed by atoms with Crippen molar-refractivity contribution in [2.75, 3.05) is 26.9 Å². The van der Waals surface area contributed by atoms with Crippen molar-refractivity contribution in [2.45, 2.75) is 18.9 Å². The van der Waals surface area contributed by atoms with E-state index in [1.54, 1.807) is 18.2 Å². The lowest BCUT2D eigenvalue weighted by atomic mass is 10.1. The van der Waals surface area contributed by atoms with Crippen LogP contribution in [0.2, 0.25) is 0 Å². The molecule has 7 nitrogen and oxygen atoms in total. The van der Waals surface area contributed by atoms with Gasteiger partial charge >= 0.3 is 5.97 Å². The second-order valence-corrected chi connectivity index (χ2v) is 5.61. The summed E-state index contributed by atoms with van der Waals surface area (Å²) in [6.07, 6.45) is 4.20. The maximum absolute atomic E-state index is 12.3. The molecule has 1 fully saturated rings. The summed E-state index contributed by atoms with van der Waals surface area (Å²) in [6, 6.07) is 2.77. The van der Waals surface area contributed by atoms with Crippen LogP contribution < -0.4 is 14.2 Å². The lowest BCUT2D eigenvalue weighted by molar-refractivity contribution is -0.146. The normalized spacial score (nSPS) is 19.5. The van der Waals surface area contributed by atoms with Crippen molar-refractivity contribution in [3.8, 4) is 17.2 Å². The molecule has 2 aliphatic heterocycles. The van der Waals surface area contributed by atoms with Crippen molar-refractivity contribution in [3.63, 3.8) is 0 Å². The van der Waals surface area contributed by atoms with E-state index in [4.69, 9.17) is 19.3 Å². The summed E-state index contributed by atoms with van der Waals surface area (Å²) >= 11 is 0. The molecule has 1 aromatic carbocycles. The molecule has 128 valence electrons. The first-order chi connectivity index (χ1) is 11.6. The number of carboxylic acids is 1. The summed E-state index contributed by atoms with van der Waals surface area (Å²) in [5.74, 6) is 0.378. The third-order valence-corrected chi connectivity index (χ3v) is 4.09. The third-order valence-electron chi connectivity index (χ3n) is 4.09. The van der Waals surface area contributed by atoms with Crippen LogP contribution in [0.25, 0.3) is 6.08 Å². The Bertz CT molecular complexity index is 667. The van der Waals surface area contributed by atoms with Gasteiger partial charge in [-0.2, -0.15) is 0 Å². The van der Waals surface area contributed by atoms with E-state index in [0.717, 1.165) is 5.56 Å². The first kappa shape index (κ1) is 16.2. The number of fused-ring (bicyclic) bond motifs is 1. The fourth-order valence-corrected chi connectivity index (χ4v) is 2.94. The Morgan fingerprint density at radius 2 is 2.12 bits per heavy atom. The fraction of sp³-hybridized carbons (Fsp3) is 0.412. The summed E-state index contributed by atoms with van der Waals surface area (Å²) in [6.45, 7) is 1.38. The molecule has 0 spiro atoms. The van der Waals surface area contributed by atoms with Crippen LogP contribution in [-0.4, -0.2) is 54.8 Å². The predicted molar refractivity (Wildman–Crippen MR) is 85.4 cm³/mol. The van der Waals surface area contributed by atoms with Crippen LogP contribution in [0.3, 0.4) is 0 Å². The van der Waals surface area contributed by atoms with Gasteiger partial charge in [0, 0.05) is 12.6 Å². The van der Waals surface area contributed by atoms with Crippen LogP contribution in [0.5, 0.6) is 17.2 Å². The average molecular weight is 333 g/mol. The highest BCUT2D eigenvalue weighted by Crippen LogP contribution is 2.40. The highest BCUT2D eigenvalue weighted by atomic mass is 16.6. The maximum Gasteiger partial charge on any atom is 0.326 e. The Hall–Kier alpha value is -2.70. The van der Waals surface area contributed by atoms with E-state index in [9.17, 15) is 9.59 Å². The molecular formula is C17H19NO6. The Labute approximate surface area is 139 Å². The van der Waals surface area contributed by atoms with Gasteiger partial charge in [0.25, 0.3) is 0 Å². The molecular weight excluding hydrogens is 314 g/mol. The number of likely N-dealkylation sites (tertiary alicyclic amines) is 1. The van der Waals surface area contributed by atoms with E-state index in [1.165, 1.54) is 18.1 Å². The molecule has 1 atom stereocenters. The van der Waals surface area contributed by atoms with E-state index in [-0.39, 0.29) is 5.91 Å². The number of hydrogen-bond donors (Lipinski definition) is 1. The number of carbonyl (C=O) groups is 2. The number of aliphatic carboxylic acids is 1. The molecule has 1 saturated heterocycles. The number of ether oxygens (including phenoxy) is 3. The topological polar surface area (TPSA) is 85.3 Å². The van der Waals surface area contributed by atoms with E-state index >= 15 is 0 Å². The van der Waals surface area contributed by atoms with Crippen molar-refractivity contribution in [2.24, 2.45) is 0 Å². The largest absolute Gasteiger partial charge is 0.493 e. The maximum atomic E-state index is 12.3. The van der Waals surface area contributed by atoms with Gasteiger partial charge in [-0.25, -0.2) is 4.79 Å². The van der Waals surface area contributed by atoms with Crippen molar-refractivity contribution in [1.82, 2.24) is 4.90 Å². The fourth-order valence-electron chi connectivity index (χ4n) is 2.94. The molecule has 1 unspecified atom stereocenters. The minimum Gasteiger partial charge on any atom is -0.493 e. The van der Waals surface area contributed by atoms with Crippen molar-refractivity contribution in [1.29, 1.82) is 0 Å². The molecule has 2 aliphatic rings. The van der Waals surface area contributed by atoms with Crippen LogP contribution in [0, 0.1) is 0 Å². The van der Waals surface area contributed by atoms with Crippen LogP contribution in [-0.2, 0) is 9.59 Å². The lowest BCUT2D eigenvalue weighted by Crippen LogP contribution is -2.39. The van der Waals surface area contributed by atoms with Gasteiger partial charge in [0.05, 0.1) is 7.11 Å². The minimum absolute atomic E-state index is 0.311. The van der Waals surface area contributed by atoms with Crippen molar-refractivity contribution in [3.05, 3.63) is 23.8 Å². The number of hydrogen-bond acceptors (Lipinski definition) is 5. The molecule has 1 amide bonds. The first-order valence-electron chi connectivity index (χ1n) is 7.79. The summed E-state index contributed by atoms with van der Waals surface area (Å²) in [7, 11) is 1.54.